The molecule has 0 bridgehead atoms. The Morgan fingerprint density at radius 1 is 1.47 bits per heavy atom. The fourth-order valence-corrected chi connectivity index (χ4v) is 1.32. The highest BCUT2D eigenvalue weighted by Gasteiger charge is 2.06. The van der Waals surface area contributed by atoms with Crippen molar-refractivity contribution < 1.29 is 8.81 Å². The average molecular weight is 206 g/mol. The maximum atomic E-state index is 12.9. The van der Waals surface area contributed by atoms with E-state index >= 15 is 0 Å². The van der Waals surface area contributed by atoms with Crippen LogP contribution in [0.5, 0.6) is 0 Å². The Morgan fingerprint density at radius 2 is 2.33 bits per heavy atom. The molecule has 1 aromatic heterocycles. The first-order valence-corrected chi connectivity index (χ1v) is 4.64. The van der Waals surface area contributed by atoms with E-state index in [1.165, 1.54) is 12.1 Å². The third kappa shape index (κ3) is 2.22. The van der Waals surface area contributed by atoms with Gasteiger partial charge >= 0.3 is 0 Å². The van der Waals surface area contributed by atoms with E-state index in [1.54, 1.807) is 18.4 Å². The Bertz CT molecular complexity index is 453. The lowest BCUT2D eigenvalue weighted by Gasteiger charge is -1.94. The molecule has 2 aromatic rings. The Balaban J connectivity index is 2.29. The van der Waals surface area contributed by atoms with Gasteiger partial charge in [0.25, 0.3) is 0 Å². The highest BCUT2D eigenvalue weighted by atomic mass is 19.1. The Hall–Kier alpha value is -1.68. The quantitative estimate of drug-likeness (QED) is 0.836. The van der Waals surface area contributed by atoms with E-state index in [4.69, 9.17) is 4.42 Å². The lowest BCUT2D eigenvalue weighted by molar-refractivity contribution is 0.569. The summed E-state index contributed by atoms with van der Waals surface area (Å²) in [6, 6.07) is 6.18. The molecule has 0 saturated carbocycles. The Morgan fingerprint density at radius 3 is 3.07 bits per heavy atom. The van der Waals surface area contributed by atoms with Crippen molar-refractivity contribution in [2.75, 3.05) is 7.05 Å². The van der Waals surface area contributed by atoms with Gasteiger partial charge < -0.3 is 9.73 Å². The maximum absolute atomic E-state index is 12.9. The van der Waals surface area contributed by atoms with Gasteiger partial charge in [0.1, 0.15) is 12.1 Å². The molecule has 1 aromatic carbocycles. The highest BCUT2D eigenvalue weighted by molar-refractivity contribution is 5.52. The van der Waals surface area contributed by atoms with Gasteiger partial charge in [-0.05, 0) is 25.2 Å². The predicted molar refractivity (Wildman–Crippen MR) is 54.7 cm³/mol. The molecule has 0 fully saturated rings. The molecule has 15 heavy (non-hydrogen) atoms. The lowest BCUT2D eigenvalue weighted by atomic mass is 10.2. The van der Waals surface area contributed by atoms with Crippen LogP contribution in [0.15, 0.2) is 34.9 Å². The van der Waals surface area contributed by atoms with Crippen molar-refractivity contribution in [2.24, 2.45) is 0 Å². The van der Waals surface area contributed by atoms with Crippen LogP contribution in [0.1, 0.15) is 5.69 Å². The number of aromatic nitrogens is 1. The summed E-state index contributed by atoms with van der Waals surface area (Å²) in [5, 5.41) is 2.96. The number of nitrogens with one attached hydrogen (secondary N) is 1. The molecule has 3 nitrogen and oxygen atoms in total. The van der Waals surface area contributed by atoms with E-state index in [9.17, 15) is 4.39 Å². The second kappa shape index (κ2) is 4.23. The molecule has 0 amide bonds. The molecular formula is C11H11FN2O. The Labute approximate surface area is 86.9 Å². The zero-order valence-corrected chi connectivity index (χ0v) is 8.33. The van der Waals surface area contributed by atoms with Gasteiger partial charge in [0.15, 0.2) is 0 Å². The van der Waals surface area contributed by atoms with Gasteiger partial charge in [-0.1, -0.05) is 6.07 Å². The van der Waals surface area contributed by atoms with Crippen molar-refractivity contribution in [3.63, 3.8) is 0 Å². The zero-order valence-electron chi connectivity index (χ0n) is 8.33. The van der Waals surface area contributed by atoms with Crippen LogP contribution in [0.25, 0.3) is 11.5 Å². The monoisotopic (exact) mass is 206 g/mol. The Kier molecular flexibility index (Phi) is 2.78. The number of hydrogen-bond acceptors (Lipinski definition) is 3. The number of benzene rings is 1. The molecule has 4 heteroatoms. The first kappa shape index (κ1) is 9.86. The summed E-state index contributed by atoms with van der Waals surface area (Å²) in [5.41, 5.74) is 1.45. The largest absolute Gasteiger partial charge is 0.444 e. The molecule has 0 radical (unpaired) electrons. The SMILES string of the molecule is CNCc1coc(-c2cccc(F)c2)n1. The van der Waals surface area contributed by atoms with Crippen LogP contribution >= 0.6 is 0 Å². The van der Waals surface area contributed by atoms with Gasteiger partial charge in [0.05, 0.1) is 5.69 Å². The van der Waals surface area contributed by atoms with Crippen LogP contribution in [0.2, 0.25) is 0 Å². The van der Waals surface area contributed by atoms with E-state index in [-0.39, 0.29) is 5.82 Å². The van der Waals surface area contributed by atoms with Crippen LogP contribution < -0.4 is 5.32 Å². The normalized spacial score (nSPS) is 10.5. The van der Waals surface area contributed by atoms with Crippen molar-refractivity contribution in [1.29, 1.82) is 0 Å². The van der Waals surface area contributed by atoms with E-state index in [2.05, 4.69) is 10.3 Å². The topological polar surface area (TPSA) is 38.1 Å². The zero-order chi connectivity index (χ0) is 10.7. The van der Waals surface area contributed by atoms with Crippen LogP contribution in [-0.2, 0) is 6.54 Å². The third-order valence-electron chi connectivity index (χ3n) is 1.98. The van der Waals surface area contributed by atoms with E-state index in [1.807, 2.05) is 7.05 Å². The molecule has 0 saturated heterocycles. The number of hydrogen-bond donors (Lipinski definition) is 1. The van der Waals surface area contributed by atoms with Crippen LogP contribution in [0, 0.1) is 5.82 Å². The van der Waals surface area contributed by atoms with Gasteiger partial charge in [0, 0.05) is 12.1 Å². The van der Waals surface area contributed by atoms with Crippen LogP contribution in [0.3, 0.4) is 0 Å². The average Bonchev–Trinajstić information content (AvgIpc) is 2.67. The summed E-state index contributed by atoms with van der Waals surface area (Å²) >= 11 is 0. The van der Waals surface area contributed by atoms with Crippen molar-refractivity contribution >= 4 is 0 Å². The van der Waals surface area contributed by atoms with Crippen molar-refractivity contribution in [2.45, 2.75) is 6.54 Å². The number of halogens is 1. The predicted octanol–water partition coefficient (Wildman–Crippen LogP) is 2.20. The van der Waals surface area contributed by atoms with E-state index in [0.717, 1.165) is 5.69 Å². The summed E-state index contributed by atoms with van der Waals surface area (Å²) in [6.45, 7) is 0.638. The van der Waals surface area contributed by atoms with Crippen molar-refractivity contribution in [3.05, 3.63) is 42.0 Å². The lowest BCUT2D eigenvalue weighted by Crippen LogP contribution is -2.04. The van der Waals surface area contributed by atoms with Gasteiger partial charge in [-0.3, -0.25) is 0 Å². The third-order valence-corrected chi connectivity index (χ3v) is 1.98. The summed E-state index contributed by atoms with van der Waals surface area (Å²) < 4.78 is 18.2. The van der Waals surface area contributed by atoms with Gasteiger partial charge in [-0.25, -0.2) is 9.37 Å². The number of rotatable bonds is 3. The molecule has 0 spiro atoms. The van der Waals surface area contributed by atoms with Crippen LogP contribution in [-0.4, -0.2) is 12.0 Å². The summed E-state index contributed by atoms with van der Waals surface area (Å²) in [4.78, 5) is 4.22. The molecule has 0 aliphatic carbocycles. The smallest absolute Gasteiger partial charge is 0.226 e. The van der Waals surface area contributed by atoms with Crippen LogP contribution in [0.4, 0.5) is 4.39 Å². The molecule has 1 heterocycles. The standard InChI is InChI=1S/C11H11FN2O/c1-13-6-10-7-15-11(14-10)8-3-2-4-9(12)5-8/h2-5,7,13H,6H2,1H3. The molecule has 78 valence electrons. The second-order valence-electron chi connectivity index (χ2n) is 3.18. The molecular weight excluding hydrogens is 195 g/mol. The molecule has 0 atom stereocenters. The molecule has 0 aliphatic rings. The molecule has 0 unspecified atom stereocenters. The van der Waals surface area contributed by atoms with Crippen molar-refractivity contribution in [1.82, 2.24) is 10.3 Å². The minimum atomic E-state index is -0.291. The van der Waals surface area contributed by atoms with E-state index in [0.29, 0.717) is 18.0 Å². The fraction of sp³-hybridized carbons (Fsp3) is 0.182. The fourth-order valence-electron chi connectivity index (χ4n) is 1.32. The van der Waals surface area contributed by atoms with Gasteiger partial charge in [-0.2, -0.15) is 0 Å². The first-order valence-electron chi connectivity index (χ1n) is 4.64. The summed E-state index contributed by atoms with van der Waals surface area (Å²) in [6.07, 6.45) is 1.57. The minimum Gasteiger partial charge on any atom is -0.444 e. The molecule has 1 N–H and O–H groups in total. The van der Waals surface area contributed by atoms with Crippen molar-refractivity contribution in [3.8, 4) is 11.5 Å². The molecule has 2 rings (SSSR count). The minimum absolute atomic E-state index is 0.291. The second-order valence-corrected chi connectivity index (χ2v) is 3.18. The summed E-state index contributed by atoms with van der Waals surface area (Å²) in [7, 11) is 1.83. The first-order chi connectivity index (χ1) is 7.29. The van der Waals surface area contributed by atoms with E-state index < -0.39 is 0 Å². The molecule has 0 aliphatic heterocycles. The summed E-state index contributed by atoms with van der Waals surface area (Å²) in [5.74, 6) is 0.153. The number of nitrogens with zero attached hydrogens (tertiary/aromatic N) is 1. The maximum Gasteiger partial charge on any atom is 0.226 e. The van der Waals surface area contributed by atoms with Gasteiger partial charge in [0.2, 0.25) is 5.89 Å². The highest BCUT2D eigenvalue weighted by Crippen LogP contribution is 2.19. The number of oxazole rings is 1. The van der Waals surface area contributed by atoms with Gasteiger partial charge in [-0.15, -0.1) is 0 Å².